The van der Waals surface area contributed by atoms with Gasteiger partial charge < -0.3 is 10.1 Å². The highest BCUT2D eigenvalue weighted by molar-refractivity contribution is 8.00. The molecular formula is C24H17F3N4O2S2. The molecular weight excluding hydrogens is 497 g/mol. The number of pyridine rings is 1. The van der Waals surface area contributed by atoms with E-state index in [1.165, 1.54) is 18.4 Å². The summed E-state index contributed by atoms with van der Waals surface area (Å²) in [7, 11) is 1.48. The highest BCUT2D eigenvalue weighted by Crippen LogP contribution is 2.38. The van der Waals surface area contributed by atoms with E-state index in [-0.39, 0.29) is 16.5 Å². The summed E-state index contributed by atoms with van der Waals surface area (Å²) in [4.78, 5) is 21.2. The van der Waals surface area contributed by atoms with Gasteiger partial charge in [0.1, 0.15) is 16.8 Å². The number of carbonyl (C=O) groups is 1. The Kier molecular flexibility index (Phi) is 6.95. The molecule has 0 saturated heterocycles. The number of para-hydroxylation sites is 1. The Labute approximate surface area is 206 Å². The fraction of sp³-hybridized carbons (Fsp3) is 0.167. The zero-order chi connectivity index (χ0) is 25.2. The number of thioether (sulfide) groups is 1. The van der Waals surface area contributed by atoms with E-state index in [0.29, 0.717) is 16.4 Å². The van der Waals surface area contributed by atoms with Gasteiger partial charge in [-0.05, 0) is 48.9 Å². The molecule has 0 radical (unpaired) electrons. The Hall–Kier alpha value is -3.62. The number of nitriles is 1. The van der Waals surface area contributed by atoms with Crippen molar-refractivity contribution in [3.63, 3.8) is 0 Å². The van der Waals surface area contributed by atoms with E-state index in [0.717, 1.165) is 33.6 Å². The standard InChI is InChI=1S/C24H17F3N4O2S2/c1-13-4-3-5-19-21(13)31-23(35-19)30-20(32)12-34-22-16(11-28)17(24(25,26)27)10-18(29-22)14-6-8-15(33-2)9-7-14/h3-10H,12H2,1-2H3,(H,30,31,32). The highest BCUT2D eigenvalue weighted by Gasteiger charge is 2.36. The molecule has 0 aliphatic carbocycles. The third kappa shape index (κ3) is 5.39. The van der Waals surface area contributed by atoms with Crippen molar-refractivity contribution < 1.29 is 22.7 Å². The van der Waals surface area contributed by atoms with Gasteiger partial charge in [-0.1, -0.05) is 35.2 Å². The number of alkyl halides is 3. The van der Waals surface area contributed by atoms with Gasteiger partial charge in [-0.3, -0.25) is 4.79 Å². The lowest BCUT2D eigenvalue weighted by Crippen LogP contribution is -2.15. The number of rotatable bonds is 6. The normalized spacial score (nSPS) is 11.3. The first-order valence-electron chi connectivity index (χ1n) is 10.1. The number of benzene rings is 2. The maximum Gasteiger partial charge on any atom is 0.417 e. The minimum Gasteiger partial charge on any atom is -0.497 e. The number of ether oxygens (including phenoxy) is 1. The van der Waals surface area contributed by atoms with Gasteiger partial charge >= 0.3 is 6.18 Å². The van der Waals surface area contributed by atoms with Crippen LogP contribution in [0.1, 0.15) is 16.7 Å². The van der Waals surface area contributed by atoms with Gasteiger partial charge in [0.05, 0.1) is 39.9 Å². The predicted octanol–water partition coefficient (Wildman–Crippen LogP) is 6.30. The van der Waals surface area contributed by atoms with Crippen molar-refractivity contribution in [2.75, 3.05) is 18.2 Å². The lowest BCUT2D eigenvalue weighted by atomic mass is 10.1. The fourth-order valence-electron chi connectivity index (χ4n) is 3.30. The van der Waals surface area contributed by atoms with Crippen LogP contribution in [0.25, 0.3) is 21.5 Å². The SMILES string of the molecule is COc1ccc(-c2cc(C(F)(F)F)c(C#N)c(SCC(=O)Nc3nc4c(C)cccc4s3)n2)cc1. The number of carbonyl (C=O) groups excluding carboxylic acids is 1. The molecule has 35 heavy (non-hydrogen) atoms. The molecule has 1 N–H and O–H groups in total. The van der Waals surface area contributed by atoms with Crippen molar-refractivity contribution in [2.45, 2.75) is 18.1 Å². The summed E-state index contributed by atoms with van der Waals surface area (Å²) in [6.07, 6.45) is -4.77. The number of aryl methyl sites for hydroxylation is 1. The fourth-order valence-corrected chi connectivity index (χ4v) is 5.06. The van der Waals surface area contributed by atoms with Crippen LogP contribution in [0.15, 0.2) is 53.6 Å². The van der Waals surface area contributed by atoms with Crippen molar-refractivity contribution in [2.24, 2.45) is 0 Å². The Morgan fingerprint density at radius 1 is 1.20 bits per heavy atom. The maximum atomic E-state index is 13.8. The maximum absolute atomic E-state index is 13.8. The first-order valence-corrected chi connectivity index (χ1v) is 12.0. The summed E-state index contributed by atoms with van der Waals surface area (Å²) < 4.78 is 47.3. The smallest absolute Gasteiger partial charge is 0.417 e. The van der Waals surface area contributed by atoms with Gasteiger partial charge in [-0.25, -0.2) is 9.97 Å². The number of amides is 1. The molecule has 0 atom stereocenters. The van der Waals surface area contributed by atoms with Crippen molar-refractivity contribution in [3.8, 4) is 23.1 Å². The molecule has 178 valence electrons. The molecule has 2 heterocycles. The van der Waals surface area contributed by atoms with E-state index < -0.39 is 23.2 Å². The largest absolute Gasteiger partial charge is 0.497 e. The number of fused-ring (bicyclic) bond motifs is 1. The molecule has 0 aliphatic rings. The molecule has 4 rings (SSSR count). The first kappa shape index (κ1) is 24.5. The van der Waals surface area contributed by atoms with Gasteiger partial charge in [0, 0.05) is 5.56 Å². The molecule has 0 aliphatic heterocycles. The average Bonchev–Trinajstić information content (AvgIpc) is 3.25. The number of hydrogen-bond acceptors (Lipinski definition) is 7. The zero-order valence-corrected chi connectivity index (χ0v) is 20.1. The number of methoxy groups -OCH3 is 1. The summed E-state index contributed by atoms with van der Waals surface area (Å²) in [5.41, 5.74) is 0.455. The second-order valence-electron chi connectivity index (χ2n) is 7.35. The Bertz CT molecular complexity index is 1440. The van der Waals surface area contributed by atoms with E-state index in [1.54, 1.807) is 30.3 Å². The minimum absolute atomic E-state index is 0.0311. The molecule has 4 aromatic rings. The van der Waals surface area contributed by atoms with Crippen molar-refractivity contribution in [3.05, 3.63) is 65.2 Å². The number of nitrogens with zero attached hydrogens (tertiary/aromatic N) is 3. The van der Waals surface area contributed by atoms with E-state index in [9.17, 15) is 23.2 Å². The van der Waals surface area contributed by atoms with Gasteiger partial charge in [-0.15, -0.1) is 0 Å². The third-order valence-electron chi connectivity index (χ3n) is 5.00. The molecule has 0 unspecified atom stereocenters. The quantitative estimate of drug-likeness (QED) is 0.304. The summed E-state index contributed by atoms with van der Waals surface area (Å²) in [5, 5.41) is 12.3. The van der Waals surface area contributed by atoms with E-state index in [1.807, 2.05) is 25.1 Å². The van der Waals surface area contributed by atoms with Gasteiger partial charge in [0.15, 0.2) is 5.13 Å². The number of aromatic nitrogens is 2. The van der Waals surface area contributed by atoms with E-state index in [2.05, 4.69) is 15.3 Å². The third-order valence-corrected chi connectivity index (χ3v) is 6.91. The average molecular weight is 515 g/mol. The van der Waals surface area contributed by atoms with Crippen LogP contribution in [0.3, 0.4) is 0 Å². The number of thiazole rings is 1. The molecule has 0 fully saturated rings. The first-order chi connectivity index (χ1) is 16.7. The van der Waals surface area contributed by atoms with Crippen LogP contribution < -0.4 is 10.1 Å². The van der Waals surface area contributed by atoms with Gasteiger partial charge in [0.25, 0.3) is 0 Å². The van der Waals surface area contributed by atoms with E-state index >= 15 is 0 Å². The minimum atomic E-state index is -4.77. The summed E-state index contributed by atoms with van der Waals surface area (Å²) >= 11 is 2.06. The second-order valence-corrected chi connectivity index (χ2v) is 9.35. The van der Waals surface area contributed by atoms with Gasteiger partial charge in [0.2, 0.25) is 5.91 Å². The van der Waals surface area contributed by atoms with Crippen LogP contribution in [0.2, 0.25) is 0 Å². The number of hydrogen-bond donors (Lipinski definition) is 1. The lowest BCUT2D eigenvalue weighted by Gasteiger charge is -2.14. The molecule has 2 aromatic heterocycles. The monoisotopic (exact) mass is 514 g/mol. The zero-order valence-electron chi connectivity index (χ0n) is 18.4. The molecule has 0 saturated carbocycles. The number of halogens is 3. The Morgan fingerprint density at radius 3 is 2.57 bits per heavy atom. The van der Waals surface area contributed by atoms with Crippen molar-refractivity contribution in [1.82, 2.24) is 9.97 Å². The van der Waals surface area contributed by atoms with Crippen molar-refractivity contribution >= 4 is 44.4 Å². The van der Waals surface area contributed by atoms with Crippen molar-refractivity contribution in [1.29, 1.82) is 5.26 Å². The van der Waals surface area contributed by atoms with Crippen LogP contribution >= 0.6 is 23.1 Å². The number of nitrogens with one attached hydrogen (secondary N) is 1. The van der Waals surface area contributed by atoms with E-state index in [4.69, 9.17) is 4.74 Å². The lowest BCUT2D eigenvalue weighted by molar-refractivity contribution is -0.138. The summed E-state index contributed by atoms with van der Waals surface area (Å²) in [5.74, 6) is -0.185. The summed E-state index contributed by atoms with van der Waals surface area (Å²) in [6, 6.07) is 14.5. The molecule has 0 bridgehead atoms. The Balaban J connectivity index is 1.61. The Morgan fingerprint density at radius 2 is 1.94 bits per heavy atom. The molecule has 1 amide bonds. The second kappa shape index (κ2) is 9.93. The molecule has 2 aromatic carbocycles. The molecule has 0 spiro atoms. The predicted molar refractivity (Wildman–Crippen MR) is 130 cm³/mol. The topological polar surface area (TPSA) is 87.9 Å². The highest BCUT2D eigenvalue weighted by atomic mass is 32.2. The number of anilines is 1. The van der Waals surface area contributed by atoms with Crippen LogP contribution in [-0.4, -0.2) is 28.7 Å². The van der Waals surface area contributed by atoms with Crippen LogP contribution in [-0.2, 0) is 11.0 Å². The molecule has 6 nitrogen and oxygen atoms in total. The van der Waals surface area contributed by atoms with Crippen LogP contribution in [0.5, 0.6) is 5.75 Å². The summed E-state index contributed by atoms with van der Waals surface area (Å²) in [6.45, 7) is 1.91. The molecule has 11 heteroatoms. The van der Waals surface area contributed by atoms with Crippen LogP contribution in [0.4, 0.5) is 18.3 Å². The van der Waals surface area contributed by atoms with Crippen LogP contribution in [0, 0.1) is 18.3 Å². The van der Waals surface area contributed by atoms with Gasteiger partial charge in [-0.2, -0.15) is 18.4 Å².